The first-order chi connectivity index (χ1) is 7.59. The van der Waals surface area contributed by atoms with Crippen LogP contribution in [0.15, 0.2) is 12.4 Å². The van der Waals surface area contributed by atoms with Crippen molar-refractivity contribution in [3.05, 3.63) is 18.1 Å². The molecule has 0 saturated carbocycles. The first kappa shape index (κ1) is 11.3. The number of β-amino-alcohol motifs (C(OH)–C–C–N with tert-alkyl or cyclic N) is 1. The lowest BCUT2D eigenvalue weighted by Crippen LogP contribution is -2.29. The van der Waals surface area contributed by atoms with Gasteiger partial charge in [-0.15, -0.1) is 0 Å². The van der Waals surface area contributed by atoms with Gasteiger partial charge in [0, 0.05) is 26.7 Å². The molecule has 2 rings (SSSR count). The van der Waals surface area contributed by atoms with Crippen molar-refractivity contribution in [2.45, 2.75) is 25.5 Å². The Bertz CT molecular complexity index is 350. The van der Waals surface area contributed by atoms with Gasteiger partial charge in [0.15, 0.2) is 0 Å². The number of aliphatic hydroxyl groups is 1. The summed E-state index contributed by atoms with van der Waals surface area (Å²) in [6.07, 6.45) is 4.33. The molecule has 1 aliphatic rings. The van der Waals surface area contributed by atoms with Crippen LogP contribution in [0.2, 0.25) is 0 Å². The van der Waals surface area contributed by atoms with Gasteiger partial charge in [-0.05, 0) is 13.3 Å². The van der Waals surface area contributed by atoms with Crippen LogP contribution in [0.25, 0.3) is 0 Å². The molecule has 1 aromatic heterocycles. The molecule has 1 aromatic rings. The number of hydrogen-bond acceptors (Lipinski definition) is 5. The van der Waals surface area contributed by atoms with Crippen LogP contribution in [-0.4, -0.2) is 45.7 Å². The summed E-state index contributed by atoms with van der Waals surface area (Å²) in [5.41, 5.74) is 0.398. The van der Waals surface area contributed by atoms with Crippen molar-refractivity contribution < 1.29 is 5.11 Å². The molecule has 1 aliphatic heterocycles. The van der Waals surface area contributed by atoms with Crippen LogP contribution in [0.1, 0.15) is 19.0 Å². The summed E-state index contributed by atoms with van der Waals surface area (Å²) < 4.78 is 0. The van der Waals surface area contributed by atoms with E-state index in [1.807, 2.05) is 14.0 Å². The van der Waals surface area contributed by atoms with Gasteiger partial charge in [0.25, 0.3) is 0 Å². The number of hydrogen-bond donors (Lipinski definition) is 2. The summed E-state index contributed by atoms with van der Waals surface area (Å²) in [5, 5.41) is 12.8. The number of nitrogens with one attached hydrogen (secondary N) is 1. The molecule has 1 saturated heterocycles. The van der Waals surface area contributed by atoms with Crippen LogP contribution in [0.5, 0.6) is 0 Å². The molecular weight excluding hydrogens is 204 g/mol. The quantitative estimate of drug-likeness (QED) is 0.778. The van der Waals surface area contributed by atoms with E-state index < -0.39 is 5.60 Å². The summed E-state index contributed by atoms with van der Waals surface area (Å²) in [4.78, 5) is 10.7. The SMILES string of the molecule is CNc1cnc(CN2CCC(C)(O)C2)cn1. The summed E-state index contributed by atoms with van der Waals surface area (Å²) in [5.74, 6) is 0.775. The zero-order valence-electron chi connectivity index (χ0n) is 9.77. The Morgan fingerprint density at radius 2 is 2.31 bits per heavy atom. The number of rotatable bonds is 3. The van der Waals surface area contributed by atoms with E-state index in [0.717, 1.165) is 31.0 Å². The minimum absolute atomic E-state index is 0.543. The number of anilines is 1. The van der Waals surface area contributed by atoms with Crippen molar-refractivity contribution in [1.29, 1.82) is 0 Å². The number of likely N-dealkylation sites (tertiary alicyclic amines) is 1. The lowest BCUT2D eigenvalue weighted by molar-refractivity contribution is 0.0677. The molecule has 0 bridgehead atoms. The fourth-order valence-corrected chi connectivity index (χ4v) is 1.97. The van der Waals surface area contributed by atoms with E-state index in [2.05, 4.69) is 20.2 Å². The summed E-state index contributed by atoms with van der Waals surface area (Å²) >= 11 is 0. The predicted octanol–water partition coefficient (Wildman–Crippen LogP) is 0.475. The van der Waals surface area contributed by atoms with Gasteiger partial charge in [0.2, 0.25) is 0 Å². The van der Waals surface area contributed by atoms with E-state index in [9.17, 15) is 5.11 Å². The van der Waals surface area contributed by atoms with Crippen LogP contribution in [0.4, 0.5) is 5.82 Å². The molecule has 5 heteroatoms. The fourth-order valence-electron chi connectivity index (χ4n) is 1.97. The Balaban J connectivity index is 1.94. The molecule has 2 N–H and O–H groups in total. The van der Waals surface area contributed by atoms with Crippen molar-refractivity contribution in [3.63, 3.8) is 0 Å². The first-order valence-corrected chi connectivity index (χ1v) is 5.52. The lowest BCUT2D eigenvalue weighted by Gasteiger charge is -2.18. The van der Waals surface area contributed by atoms with Gasteiger partial charge in [-0.2, -0.15) is 0 Å². The monoisotopic (exact) mass is 222 g/mol. The Labute approximate surface area is 95.5 Å². The smallest absolute Gasteiger partial charge is 0.144 e. The van der Waals surface area contributed by atoms with Crippen molar-refractivity contribution in [3.8, 4) is 0 Å². The largest absolute Gasteiger partial charge is 0.389 e. The van der Waals surface area contributed by atoms with Crippen molar-refractivity contribution in [2.75, 3.05) is 25.5 Å². The van der Waals surface area contributed by atoms with E-state index in [1.54, 1.807) is 12.4 Å². The average Bonchev–Trinajstić information content (AvgIpc) is 2.59. The Morgan fingerprint density at radius 1 is 1.50 bits per heavy atom. The third-order valence-electron chi connectivity index (χ3n) is 2.88. The van der Waals surface area contributed by atoms with Gasteiger partial charge in [0.1, 0.15) is 5.82 Å². The third-order valence-corrected chi connectivity index (χ3v) is 2.88. The highest BCUT2D eigenvalue weighted by molar-refractivity contribution is 5.29. The summed E-state index contributed by atoms with van der Waals surface area (Å²) in [6.45, 7) is 4.26. The highest BCUT2D eigenvalue weighted by atomic mass is 16.3. The molecule has 0 aliphatic carbocycles. The zero-order chi connectivity index (χ0) is 11.6. The number of aromatic nitrogens is 2. The molecule has 0 radical (unpaired) electrons. The Hall–Kier alpha value is -1.20. The third kappa shape index (κ3) is 2.68. The van der Waals surface area contributed by atoms with Gasteiger partial charge in [0.05, 0.1) is 23.7 Å². The van der Waals surface area contributed by atoms with E-state index in [1.165, 1.54) is 0 Å². The summed E-state index contributed by atoms with van der Waals surface area (Å²) in [7, 11) is 1.82. The van der Waals surface area contributed by atoms with Crippen molar-refractivity contribution in [2.24, 2.45) is 0 Å². The van der Waals surface area contributed by atoms with Crippen LogP contribution in [-0.2, 0) is 6.54 Å². The van der Waals surface area contributed by atoms with Crippen LogP contribution < -0.4 is 5.32 Å². The zero-order valence-corrected chi connectivity index (χ0v) is 9.77. The van der Waals surface area contributed by atoms with Crippen LogP contribution in [0.3, 0.4) is 0 Å². The highest BCUT2D eigenvalue weighted by Gasteiger charge is 2.31. The normalized spacial score (nSPS) is 25.9. The maximum Gasteiger partial charge on any atom is 0.144 e. The van der Waals surface area contributed by atoms with E-state index in [0.29, 0.717) is 6.54 Å². The van der Waals surface area contributed by atoms with Crippen molar-refractivity contribution >= 4 is 5.82 Å². The lowest BCUT2D eigenvalue weighted by atomic mass is 10.1. The Morgan fingerprint density at radius 3 is 2.81 bits per heavy atom. The maximum atomic E-state index is 9.84. The molecule has 1 fully saturated rings. The van der Waals surface area contributed by atoms with Gasteiger partial charge in [-0.25, -0.2) is 4.98 Å². The Kier molecular flexibility index (Phi) is 3.07. The number of nitrogens with zero attached hydrogens (tertiary/aromatic N) is 3. The second-order valence-corrected chi connectivity index (χ2v) is 4.60. The molecule has 5 nitrogen and oxygen atoms in total. The molecule has 16 heavy (non-hydrogen) atoms. The minimum atomic E-state index is -0.543. The van der Waals surface area contributed by atoms with E-state index in [4.69, 9.17) is 0 Å². The standard InChI is InChI=1S/C11H18N4O/c1-11(16)3-4-15(8-11)7-9-5-14-10(12-2)6-13-9/h5-6,16H,3-4,7-8H2,1-2H3,(H,12,14). The molecular formula is C11H18N4O. The van der Waals surface area contributed by atoms with Gasteiger partial charge in [-0.1, -0.05) is 0 Å². The molecule has 1 unspecified atom stereocenters. The van der Waals surface area contributed by atoms with Gasteiger partial charge >= 0.3 is 0 Å². The molecule has 1 atom stereocenters. The molecule has 0 aromatic carbocycles. The molecule has 88 valence electrons. The second kappa shape index (κ2) is 4.35. The average molecular weight is 222 g/mol. The van der Waals surface area contributed by atoms with E-state index in [-0.39, 0.29) is 0 Å². The minimum Gasteiger partial charge on any atom is -0.389 e. The highest BCUT2D eigenvalue weighted by Crippen LogP contribution is 2.21. The first-order valence-electron chi connectivity index (χ1n) is 5.52. The van der Waals surface area contributed by atoms with Gasteiger partial charge in [-0.3, -0.25) is 9.88 Å². The molecule has 2 heterocycles. The van der Waals surface area contributed by atoms with E-state index >= 15 is 0 Å². The van der Waals surface area contributed by atoms with Crippen LogP contribution >= 0.6 is 0 Å². The van der Waals surface area contributed by atoms with Crippen LogP contribution in [0, 0.1) is 0 Å². The topological polar surface area (TPSA) is 61.3 Å². The van der Waals surface area contributed by atoms with Gasteiger partial charge < -0.3 is 10.4 Å². The predicted molar refractivity (Wildman–Crippen MR) is 62.1 cm³/mol. The molecule has 0 amide bonds. The summed E-state index contributed by atoms with van der Waals surface area (Å²) in [6, 6.07) is 0. The fraction of sp³-hybridized carbons (Fsp3) is 0.636. The van der Waals surface area contributed by atoms with Crippen molar-refractivity contribution in [1.82, 2.24) is 14.9 Å². The second-order valence-electron chi connectivity index (χ2n) is 4.60. The molecule has 0 spiro atoms. The maximum absolute atomic E-state index is 9.84.